The summed E-state index contributed by atoms with van der Waals surface area (Å²) < 4.78 is 6.20. The molecule has 0 saturated carbocycles. The maximum atomic E-state index is 12.3. The molecule has 5 nitrogen and oxygen atoms in total. The molecule has 128 valence electrons. The first-order valence-electron chi connectivity index (χ1n) is 7.63. The molecule has 1 aromatic heterocycles. The van der Waals surface area contributed by atoms with Crippen molar-refractivity contribution in [2.75, 3.05) is 0 Å². The van der Waals surface area contributed by atoms with Crippen molar-refractivity contribution in [2.24, 2.45) is 5.41 Å². The van der Waals surface area contributed by atoms with Crippen LogP contribution in [0.4, 0.5) is 0 Å². The second-order valence-electron chi connectivity index (χ2n) is 6.85. The first kappa shape index (κ1) is 18.4. The lowest BCUT2D eigenvalue weighted by atomic mass is 9.87. The smallest absolute Gasteiger partial charge is 0.196 e. The minimum Gasteiger partial charge on any atom is -0.507 e. The number of halogens is 1. The monoisotopic (exact) mass is 392 g/mol. The third kappa shape index (κ3) is 4.77. The number of aromatic nitrogens is 2. The summed E-state index contributed by atoms with van der Waals surface area (Å²) in [6, 6.07) is 5.07. The average molecular weight is 393 g/mol. The fourth-order valence-electron chi connectivity index (χ4n) is 2.24. The van der Waals surface area contributed by atoms with Crippen LogP contribution in [0.15, 0.2) is 29.1 Å². The molecule has 0 radical (unpaired) electrons. The molecule has 0 atom stereocenters. The van der Waals surface area contributed by atoms with E-state index < -0.39 is 0 Å². The Morgan fingerprint density at radius 2 is 2.00 bits per heavy atom. The van der Waals surface area contributed by atoms with E-state index in [9.17, 15) is 9.90 Å². The van der Waals surface area contributed by atoms with Crippen LogP contribution in [0.25, 0.3) is 0 Å². The van der Waals surface area contributed by atoms with Crippen molar-refractivity contribution in [1.82, 2.24) is 9.97 Å². The molecule has 0 unspecified atom stereocenters. The van der Waals surface area contributed by atoms with Crippen LogP contribution in [0.3, 0.4) is 0 Å². The third-order valence-electron chi connectivity index (χ3n) is 3.43. The number of phenolic OH excluding ortho intramolecular Hbond substituents is 1. The van der Waals surface area contributed by atoms with Gasteiger partial charge in [-0.2, -0.15) is 0 Å². The molecule has 24 heavy (non-hydrogen) atoms. The molecule has 0 aliphatic carbocycles. The van der Waals surface area contributed by atoms with Crippen molar-refractivity contribution in [3.63, 3.8) is 0 Å². The number of rotatable bonds is 5. The molecule has 6 heteroatoms. The number of ketones is 1. The number of phenols is 1. The highest BCUT2D eigenvalue weighted by molar-refractivity contribution is 9.10. The summed E-state index contributed by atoms with van der Waals surface area (Å²) in [6.07, 6.45) is 2.00. The van der Waals surface area contributed by atoms with Gasteiger partial charge in [0.25, 0.3) is 0 Å². The Balaban J connectivity index is 2.16. The Hall–Kier alpha value is -1.95. The number of hydrogen-bond donors (Lipinski definition) is 1. The van der Waals surface area contributed by atoms with Gasteiger partial charge in [0.1, 0.15) is 18.1 Å². The molecule has 1 aromatic carbocycles. The molecule has 0 saturated heterocycles. The van der Waals surface area contributed by atoms with Crippen molar-refractivity contribution >= 4 is 21.7 Å². The van der Waals surface area contributed by atoms with Gasteiger partial charge in [-0.05, 0) is 46.5 Å². The lowest BCUT2D eigenvalue weighted by Crippen LogP contribution is -2.13. The second-order valence-corrected chi connectivity index (χ2v) is 7.56. The van der Waals surface area contributed by atoms with Crippen LogP contribution in [0, 0.1) is 12.3 Å². The Bertz CT molecular complexity index is 754. The highest BCUT2D eigenvalue weighted by Gasteiger charge is 2.21. The van der Waals surface area contributed by atoms with Crippen LogP contribution in [0.5, 0.6) is 11.5 Å². The SMILES string of the molecule is Cc1c(OCc2ccnc(Br)n2)ccc(C(=O)CC(C)(C)C)c1O. The van der Waals surface area contributed by atoms with Gasteiger partial charge in [-0.1, -0.05) is 20.8 Å². The van der Waals surface area contributed by atoms with Crippen LogP contribution in [-0.2, 0) is 6.61 Å². The summed E-state index contributed by atoms with van der Waals surface area (Å²) in [6.45, 7) is 7.95. The zero-order valence-electron chi connectivity index (χ0n) is 14.3. The summed E-state index contributed by atoms with van der Waals surface area (Å²) in [4.78, 5) is 20.5. The summed E-state index contributed by atoms with van der Waals surface area (Å²) >= 11 is 3.21. The maximum Gasteiger partial charge on any atom is 0.196 e. The molecule has 2 rings (SSSR count). The Morgan fingerprint density at radius 3 is 2.62 bits per heavy atom. The van der Waals surface area contributed by atoms with E-state index in [0.29, 0.717) is 33.7 Å². The second kappa shape index (κ2) is 7.30. The van der Waals surface area contributed by atoms with E-state index in [1.807, 2.05) is 20.8 Å². The maximum absolute atomic E-state index is 12.3. The first-order chi connectivity index (χ1) is 11.2. The van der Waals surface area contributed by atoms with Crippen molar-refractivity contribution in [3.8, 4) is 11.5 Å². The number of carbonyl (C=O) groups is 1. The van der Waals surface area contributed by atoms with Gasteiger partial charge in [0.15, 0.2) is 10.5 Å². The molecule has 1 N–H and O–H groups in total. The van der Waals surface area contributed by atoms with E-state index in [0.717, 1.165) is 0 Å². The molecule has 0 bridgehead atoms. The van der Waals surface area contributed by atoms with Gasteiger partial charge < -0.3 is 9.84 Å². The fourth-order valence-corrected chi connectivity index (χ4v) is 2.59. The zero-order chi connectivity index (χ0) is 17.9. The third-order valence-corrected chi connectivity index (χ3v) is 3.81. The molecule has 1 heterocycles. The molecular weight excluding hydrogens is 372 g/mol. The van der Waals surface area contributed by atoms with Gasteiger partial charge in [0.2, 0.25) is 0 Å². The quantitative estimate of drug-likeness (QED) is 0.600. The summed E-state index contributed by atoms with van der Waals surface area (Å²) in [5, 5.41) is 10.4. The predicted molar refractivity (Wildman–Crippen MR) is 95.3 cm³/mol. The number of ether oxygens (including phenoxy) is 1. The van der Waals surface area contributed by atoms with Crippen LogP contribution >= 0.6 is 15.9 Å². The topological polar surface area (TPSA) is 72.3 Å². The molecule has 2 aromatic rings. The highest BCUT2D eigenvalue weighted by atomic mass is 79.9. The van der Waals surface area contributed by atoms with Gasteiger partial charge in [-0.25, -0.2) is 9.97 Å². The van der Waals surface area contributed by atoms with E-state index in [1.54, 1.807) is 31.3 Å². The van der Waals surface area contributed by atoms with Crippen molar-refractivity contribution in [1.29, 1.82) is 0 Å². The fraction of sp³-hybridized carbons (Fsp3) is 0.389. The lowest BCUT2D eigenvalue weighted by Gasteiger charge is -2.18. The van der Waals surface area contributed by atoms with E-state index in [-0.39, 0.29) is 23.6 Å². The average Bonchev–Trinajstić information content (AvgIpc) is 2.47. The summed E-state index contributed by atoms with van der Waals surface area (Å²) in [7, 11) is 0. The lowest BCUT2D eigenvalue weighted by molar-refractivity contribution is 0.0937. The molecular formula is C18H21BrN2O3. The normalized spacial score (nSPS) is 11.4. The first-order valence-corrected chi connectivity index (χ1v) is 8.42. The molecule has 0 aliphatic rings. The molecule has 0 fully saturated rings. The summed E-state index contributed by atoms with van der Waals surface area (Å²) in [5.74, 6) is 0.426. The minimum absolute atomic E-state index is 0.0226. The number of aromatic hydroxyl groups is 1. The van der Waals surface area contributed by atoms with Crippen LogP contribution in [0.2, 0.25) is 0 Å². The van der Waals surface area contributed by atoms with Crippen LogP contribution in [-0.4, -0.2) is 20.9 Å². The Morgan fingerprint density at radius 1 is 1.29 bits per heavy atom. The van der Waals surface area contributed by atoms with Crippen molar-refractivity contribution in [2.45, 2.75) is 40.7 Å². The van der Waals surface area contributed by atoms with Gasteiger partial charge in [0, 0.05) is 18.2 Å². The summed E-state index contributed by atoms with van der Waals surface area (Å²) in [5.41, 5.74) is 1.46. The number of nitrogens with zero attached hydrogens (tertiary/aromatic N) is 2. The molecule has 0 aliphatic heterocycles. The van der Waals surface area contributed by atoms with E-state index in [2.05, 4.69) is 25.9 Å². The van der Waals surface area contributed by atoms with Gasteiger partial charge in [-0.3, -0.25) is 4.79 Å². The number of benzene rings is 1. The predicted octanol–water partition coefficient (Wildman–Crippen LogP) is 4.45. The van der Waals surface area contributed by atoms with E-state index in [4.69, 9.17) is 4.74 Å². The van der Waals surface area contributed by atoms with Crippen molar-refractivity contribution < 1.29 is 14.6 Å². The van der Waals surface area contributed by atoms with Crippen LogP contribution < -0.4 is 4.74 Å². The highest BCUT2D eigenvalue weighted by Crippen LogP contribution is 2.33. The standard InChI is InChI=1S/C18H21BrN2O3/c1-11-15(24-10-12-7-8-20-17(19)21-12)6-5-13(16(11)23)14(22)9-18(2,3)4/h5-8,23H,9-10H2,1-4H3. The van der Waals surface area contributed by atoms with Crippen molar-refractivity contribution in [3.05, 3.63) is 46.0 Å². The number of carbonyl (C=O) groups excluding carboxylic acids is 1. The largest absolute Gasteiger partial charge is 0.507 e. The van der Waals surface area contributed by atoms with Crippen LogP contribution in [0.1, 0.15) is 48.8 Å². The minimum atomic E-state index is -0.132. The van der Waals surface area contributed by atoms with E-state index >= 15 is 0 Å². The molecule has 0 amide bonds. The van der Waals surface area contributed by atoms with Gasteiger partial charge in [-0.15, -0.1) is 0 Å². The number of Topliss-reactive ketones (excluding diaryl/α,β-unsaturated/α-hetero) is 1. The van der Waals surface area contributed by atoms with Gasteiger partial charge in [0.05, 0.1) is 11.3 Å². The van der Waals surface area contributed by atoms with Gasteiger partial charge >= 0.3 is 0 Å². The zero-order valence-corrected chi connectivity index (χ0v) is 15.8. The van der Waals surface area contributed by atoms with E-state index in [1.165, 1.54) is 0 Å². The number of hydrogen-bond acceptors (Lipinski definition) is 5. The molecule has 0 spiro atoms. The Labute approximate surface area is 150 Å². The Kier molecular flexibility index (Phi) is 5.59.